The number of hydrogen-bond acceptors (Lipinski definition) is 5. The second-order valence-corrected chi connectivity index (χ2v) is 5.94. The van der Waals surface area contributed by atoms with Crippen LogP contribution < -0.4 is 11.3 Å². The molecule has 1 aromatic rings. The Morgan fingerprint density at radius 1 is 1.76 bits per heavy atom. The Morgan fingerprint density at radius 2 is 2.47 bits per heavy atom. The highest BCUT2D eigenvalue weighted by atomic mass is 79.9. The maximum Gasteiger partial charge on any atom is 0.253 e. The number of thiophene rings is 1. The molecule has 1 aromatic heterocycles. The van der Waals surface area contributed by atoms with Gasteiger partial charge in [-0.2, -0.15) is 0 Å². The van der Waals surface area contributed by atoms with Crippen molar-refractivity contribution in [1.82, 2.24) is 10.3 Å². The lowest BCUT2D eigenvalue weighted by Gasteiger charge is -2.25. The van der Waals surface area contributed by atoms with E-state index in [-0.39, 0.29) is 11.9 Å². The molecule has 1 amide bonds. The summed E-state index contributed by atoms with van der Waals surface area (Å²) in [7, 11) is 3.43. The number of nitrogens with zero attached hydrogens (tertiary/aromatic N) is 1. The first-order chi connectivity index (χ1) is 8.08. The van der Waals surface area contributed by atoms with E-state index in [2.05, 4.69) is 21.4 Å². The number of amides is 1. The van der Waals surface area contributed by atoms with Crippen LogP contribution in [0.3, 0.4) is 0 Å². The number of methoxy groups -OCH3 is 1. The van der Waals surface area contributed by atoms with Crippen molar-refractivity contribution in [3.05, 3.63) is 20.8 Å². The number of nitrogens with one attached hydrogen (secondary N) is 1. The molecule has 1 heterocycles. The molecular formula is C10H16BrN3O2S. The Morgan fingerprint density at radius 3 is 2.94 bits per heavy atom. The molecule has 0 spiro atoms. The van der Waals surface area contributed by atoms with E-state index in [9.17, 15) is 4.79 Å². The zero-order valence-electron chi connectivity index (χ0n) is 9.77. The largest absolute Gasteiger partial charge is 0.383 e. The first kappa shape index (κ1) is 14.6. The van der Waals surface area contributed by atoms with Gasteiger partial charge in [-0.1, -0.05) is 0 Å². The number of likely N-dealkylation sites (N-methyl/N-ethyl adjacent to an activating group) is 1. The van der Waals surface area contributed by atoms with Crippen molar-refractivity contribution < 1.29 is 9.53 Å². The van der Waals surface area contributed by atoms with Gasteiger partial charge in [0.2, 0.25) is 0 Å². The lowest BCUT2D eigenvalue weighted by molar-refractivity contribution is -0.128. The smallest absolute Gasteiger partial charge is 0.253 e. The Bertz CT molecular complexity index is 372. The van der Waals surface area contributed by atoms with Crippen molar-refractivity contribution in [3.63, 3.8) is 0 Å². The number of nitrogens with two attached hydrogens (primary N) is 1. The van der Waals surface area contributed by atoms with E-state index >= 15 is 0 Å². The molecule has 0 aromatic carbocycles. The number of ether oxygens (including phenoxy) is 1. The van der Waals surface area contributed by atoms with Gasteiger partial charge in [0.15, 0.2) is 0 Å². The number of carbonyl (C=O) groups is 1. The minimum Gasteiger partial charge on any atom is -0.383 e. The zero-order chi connectivity index (χ0) is 12.8. The van der Waals surface area contributed by atoms with Gasteiger partial charge in [0.1, 0.15) is 6.04 Å². The molecular weight excluding hydrogens is 306 g/mol. The van der Waals surface area contributed by atoms with E-state index < -0.39 is 0 Å². The fourth-order valence-corrected chi connectivity index (χ4v) is 2.68. The standard InChI is InChI=1S/C10H16BrN3O2S/c1-14(4-7-3-9(11)17-6-7)8(5-16-2)10(15)13-12/h3,6,8H,4-5,12H2,1-2H3,(H,13,15). The summed E-state index contributed by atoms with van der Waals surface area (Å²) in [4.78, 5) is 13.5. The number of halogens is 1. The molecule has 3 N–H and O–H groups in total. The van der Waals surface area contributed by atoms with E-state index in [0.29, 0.717) is 13.2 Å². The summed E-state index contributed by atoms with van der Waals surface area (Å²) in [6.45, 7) is 0.981. The van der Waals surface area contributed by atoms with E-state index in [0.717, 1.165) is 9.35 Å². The summed E-state index contributed by atoms with van der Waals surface area (Å²) in [5.41, 5.74) is 3.30. The summed E-state index contributed by atoms with van der Waals surface area (Å²) >= 11 is 5.03. The van der Waals surface area contributed by atoms with Gasteiger partial charge in [0, 0.05) is 13.7 Å². The zero-order valence-corrected chi connectivity index (χ0v) is 12.2. The predicted molar refractivity (Wildman–Crippen MR) is 71.5 cm³/mol. The molecule has 0 radical (unpaired) electrons. The monoisotopic (exact) mass is 321 g/mol. The molecule has 96 valence electrons. The maximum absolute atomic E-state index is 11.6. The Labute approximate surface area is 113 Å². The van der Waals surface area contributed by atoms with E-state index in [4.69, 9.17) is 10.6 Å². The van der Waals surface area contributed by atoms with Crippen molar-refractivity contribution in [2.24, 2.45) is 5.84 Å². The molecule has 0 saturated carbocycles. The Hall–Kier alpha value is -0.470. The maximum atomic E-state index is 11.6. The van der Waals surface area contributed by atoms with Gasteiger partial charge in [0.05, 0.1) is 10.4 Å². The van der Waals surface area contributed by atoms with Crippen LogP contribution in [-0.2, 0) is 16.1 Å². The van der Waals surface area contributed by atoms with Crippen molar-refractivity contribution >= 4 is 33.2 Å². The third-order valence-corrected chi connectivity index (χ3v) is 3.91. The third kappa shape index (κ3) is 4.36. The fourth-order valence-electron chi connectivity index (χ4n) is 1.48. The minimum absolute atomic E-state index is 0.247. The molecule has 0 aliphatic heterocycles. The molecule has 0 aliphatic carbocycles. The molecule has 1 unspecified atom stereocenters. The van der Waals surface area contributed by atoms with Crippen molar-refractivity contribution in [2.45, 2.75) is 12.6 Å². The molecule has 0 bridgehead atoms. The molecule has 1 rings (SSSR count). The van der Waals surface area contributed by atoms with Gasteiger partial charge >= 0.3 is 0 Å². The first-order valence-corrected chi connectivity index (χ1v) is 6.68. The molecule has 0 aliphatic rings. The molecule has 0 saturated heterocycles. The number of hydrogen-bond donors (Lipinski definition) is 2. The van der Waals surface area contributed by atoms with Crippen LogP contribution in [0, 0.1) is 0 Å². The van der Waals surface area contributed by atoms with Gasteiger partial charge in [0.25, 0.3) is 5.91 Å². The minimum atomic E-state index is -0.385. The van der Waals surface area contributed by atoms with Gasteiger partial charge in [-0.15, -0.1) is 11.3 Å². The van der Waals surface area contributed by atoms with Gasteiger partial charge in [-0.05, 0) is 40.0 Å². The normalized spacial score (nSPS) is 12.8. The Kier molecular flexibility index (Phi) is 6.07. The summed E-state index contributed by atoms with van der Waals surface area (Å²) < 4.78 is 6.10. The molecule has 0 fully saturated rings. The highest BCUT2D eigenvalue weighted by Crippen LogP contribution is 2.21. The quantitative estimate of drug-likeness (QED) is 0.465. The number of rotatable bonds is 6. The Balaban J connectivity index is 2.64. The second kappa shape index (κ2) is 7.07. The average Bonchev–Trinajstić information content (AvgIpc) is 2.70. The van der Waals surface area contributed by atoms with E-state index in [1.165, 1.54) is 0 Å². The van der Waals surface area contributed by atoms with Crippen LogP contribution in [0.5, 0.6) is 0 Å². The van der Waals surface area contributed by atoms with Crippen molar-refractivity contribution in [2.75, 3.05) is 20.8 Å². The van der Waals surface area contributed by atoms with E-state index in [1.807, 2.05) is 23.4 Å². The second-order valence-electron chi connectivity index (χ2n) is 3.65. The van der Waals surface area contributed by atoms with Gasteiger partial charge in [-0.25, -0.2) is 5.84 Å². The van der Waals surface area contributed by atoms with Crippen LogP contribution in [0.15, 0.2) is 15.2 Å². The first-order valence-electron chi connectivity index (χ1n) is 5.01. The van der Waals surface area contributed by atoms with Crippen LogP contribution in [0.2, 0.25) is 0 Å². The van der Waals surface area contributed by atoms with Crippen LogP contribution in [0.25, 0.3) is 0 Å². The van der Waals surface area contributed by atoms with E-state index in [1.54, 1.807) is 18.4 Å². The molecule has 7 heteroatoms. The van der Waals surface area contributed by atoms with Crippen molar-refractivity contribution in [1.29, 1.82) is 0 Å². The summed E-state index contributed by atoms with van der Waals surface area (Å²) in [5.74, 6) is 4.90. The van der Waals surface area contributed by atoms with Gasteiger partial charge in [-0.3, -0.25) is 15.1 Å². The summed E-state index contributed by atoms with van der Waals surface area (Å²) in [6, 6.07) is 1.65. The fraction of sp³-hybridized carbons (Fsp3) is 0.500. The summed E-state index contributed by atoms with van der Waals surface area (Å²) in [5, 5.41) is 2.05. The highest BCUT2D eigenvalue weighted by Gasteiger charge is 2.22. The average molecular weight is 322 g/mol. The van der Waals surface area contributed by atoms with Crippen LogP contribution >= 0.6 is 27.3 Å². The summed E-state index contributed by atoms with van der Waals surface area (Å²) in [6.07, 6.45) is 0. The van der Waals surface area contributed by atoms with Gasteiger partial charge < -0.3 is 4.74 Å². The molecule has 1 atom stereocenters. The SMILES string of the molecule is COCC(C(=O)NN)N(C)Cc1csc(Br)c1. The van der Waals surface area contributed by atoms with Crippen LogP contribution in [-0.4, -0.2) is 37.6 Å². The predicted octanol–water partition coefficient (Wildman–Crippen LogP) is 0.947. The lowest BCUT2D eigenvalue weighted by Crippen LogP contribution is -2.49. The van der Waals surface area contributed by atoms with Crippen LogP contribution in [0.4, 0.5) is 0 Å². The van der Waals surface area contributed by atoms with Crippen LogP contribution in [0.1, 0.15) is 5.56 Å². The molecule has 17 heavy (non-hydrogen) atoms. The third-order valence-electron chi connectivity index (χ3n) is 2.36. The highest BCUT2D eigenvalue weighted by molar-refractivity contribution is 9.11. The lowest BCUT2D eigenvalue weighted by atomic mass is 10.2. The van der Waals surface area contributed by atoms with Crippen molar-refractivity contribution in [3.8, 4) is 0 Å². The number of carbonyl (C=O) groups excluding carboxylic acids is 1. The topological polar surface area (TPSA) is 67.6 Å². The molecule has 5 nitrogen and oxygen atoms in total. The number of hydrazine groups is 1.